The highest BCUT2D eigenvalue weighted by Gasteiger charge is 2.16. The van der Waals surface area contributed by atoms with Crippen LogP contribution in [0.5, 0.6) is 5.75 Å². The van der Waals surface area contributed by atoms with E-state index >= 15 is 0 Å². The van der Waals surface area contributed by atoms with E-state index in [0.29, 0.717) is 16.6 Å². The van der Waals surface area contributed by atoms with Crippen LogP contribution in [0.3, 0.4) is 0 Å². The number of rotatable bonds is 8. The molecule has 1 aliphatic heterocycles. The maximum atomic E-state index is 6.27. The quantitative estimate of drug-likeness (QED) is 0.219. The Morgan fingerprint density at radius 3 is 2.58 bits per heavy atom. The van der Waals surface area contributed by atoms with Gasteiger partial charge in [0.25, 0.3) is 0 Å². The molecule has 4 aromatic rings. The van der Waals surface area contributed by atoms with Gasteiger partial charge in [0, 0.05) is 36.7 Å². The van der Waals surface area contributed by atoms with E-state index in [1.54, 1.807) is 12.4 Å². The molecular formula is C27H30Cl2N6O. The van der Waals surface area contributed by atoms with Gasteiger partial charge in [-0.15, -0.1) is 0 Å². The smallest absolute Gasteiger partial charge is 0.124 e. The minimum Gasteiger partial charge on any atom is -0.486 e. The molecule has 0 unspecified atom stereocenters. The number of H-pyrrole nitrogens is 1. The first-order valence-electron chi connectivity index (χ1n) is 12.3. The fraction of sp³-hybridized carbons (Fsp3) is 0.333. The van der Waals surface area contributed by atoms with Gasteiger partial charge >= 0.3 is 0 Å². The molecule has 0 bridgehead atoms. The van der Waals surface area contributed by atoms with Crippen molar-refractivity contribution in [3.63, 3.8) is 0 Å². The van der Waals surface area contributed by atoms with E-state index < -0.39 is 0 Å². The van der Waals surface area contributed by atoms with Crippen molar-refractivity contribution >= 4 is 45.6 Å². The minimum atomic E-state index is -0.312. The molecular weight excluding hydrogens is 495 g/mol. The number of hydrogen-bond donors (Lipinski definition) is 3. The number of anilines is 2. The zero-order valence-corrected chi connectivity index (χ0v) is 22.0. The third-order valence-corrected chi connectivity index (χ3v) is 7.12. The van der Waals surface area contributed by atoms with Gasteiger partial charge in [0.05, 0.1) is 33.3 Å². The fourth-order valence-electron chi connectivity index (χ4n) is 4.63. The number of imidazole rings is 1. The zero-order valence-electron chi connectivity index (χ0n) is 20.4. The molecule has 0 saturated carbocycles. The summed E-state index contributed by atoms with van der Waals surface area (Å²) in [7, 11) is 0. The van der Waals surface area contributed by atoms with Crippen molar-refractivity contribution in [1.29, 1.82) is 0 Å². The first kappa shape index (κ1) is 24.7. The van der Waals surface area contributed by atoms with E-state index in [1.807, 2.05) is 32.0 Å². The number of aromatic amines is 1. The van der Waals surface area contributed by atoms with Crippen molar-refractivity contribution < 1.29 is 4.74 Å². The molecule has 5 rings (SSSR count). The highest BCUT2D eigenvalue weighted by Crippen LogP contribution is 2.33. The molecule has 7 nitrogen and oxygen atoms in total. The molecule has 3 heterocycles. The monoisotopic (exact) mass is 524 g/mol. The number of fused-ring (bicyclic) bond motifs is 1. The van der Waals surface area contributed by atoms with E-state index in [1.165, 1.54) is 24.9 Å². The Morgan fingerprint density at radius 1 is 1.06 bits per heavy atom. The van der Waals surface area contributed by atoms with Crippen molar-refractivity contribution in [2.75, 3.05) is 23.4 Å². The highest BCUT2D eigenvalue weighted by molar-refractivity contribution is 6.35. The van der Waals surface area contributed by atoms with Gasteiger partial charge in [0.15, 0.2) is 0 Å². The van der Waals surface area contributed by atoms with Crippen LogP contribution >= 0.6 is 23.2 Å². The van der Waals surface area contributed by atoms with E-state index in [4.69, 9.17) is 32.9 Å². The summed E-state index contributed by atoms with van der Waals surface area (Å²) in [6, 6.07) is 12.4. The summed E-state index contributed by atoms with van der Waals surface area (Å²) >= 11 is 12.5. The number of aromatic nitrogens is 3. The van der Waals surface area contributed by atoms with Crippen molar-refractivity contribution in [1.82, 2.24) is 20.4 Å². The Balaban J connectivity index is 1.18. The van der Waals surface area contributed by atoms with Crippen LogP contribution in [0.4, 0.5) is 11.4 Å². The second-order valence-electron chi connectivity index (χ2n) is 9.16. The summed E-state index contributed by atoms with van der Waals surface area (Å²) < 4.78 is 6.10. The van der Waals surface area contributed by atoms with E-state index in [-0.39, 0.29) is 6.10 Å². The lowest BCUT2D eigenvalue weighted by Gasteiger charge is -2.28. The molecule has 0 spiro atoms. The minimum absolute atomic E-state index is 0.312. The Kier molecular flexibility index (Phi) is 7.51. The molecule has 9 heteroatoms. The maximum absolute atomic E-state index is 6.27. The van der Waals surface area contributed by atoms with Gasteiger partial charge in [0.1, 0.15) is 17.7 Å². The van der Waals surface area contributed by atoms with Gasteiger partial charge in [-0.2, -0.15) is 0 Å². The van der Waals surface area contributed by atoms with Crippen LogP contribution in [0, 0.1) is 6.92 Å². The highest BCUT2D eigenvalue weighted by atomic mass is 35.5. The summed E-state index contributed by atoms with van der Waals surface area (Å²) in [5.74, 6) is 1.61. The molecule has 2 aromatic carbocycles. The van der Waals surface area contributed by atoms with Crippen LogP contribution in [-0.4, -0.2) is 28.0 Å². The fourth-order valence-corrected chi connectivity index (χ4v) is 5.30. The number of pyridine rings is 1. The summed E-state index contributed by atoms with van der Waals surface area (Å²) in [5.41, 5.74) is 12.6. The molecule has 1 aliphatic rings. The molecule has 3 N–H and O–H groups in total. The average Bonchev–Trinajstić information content (AvgIpc) is 3.28. The number of ether oxygens (including phenoxy) is 1. The number of halogens is 2. The lowest BCUT2D eigenvalue weighted by atomic mass is 10.1. The Labute approximate surface area is 221 Å². The van der Waals surface area contributed by atoms with E-state index in [0.717, 1.165) is 52.5 Å². The first-order valence-corrected chi connectivity index (χ1v) is 13.0. The molecule has 0 radical (unpaired) electrons. The topological polar surface area (TPSA) is 78.1 Å². The van der Waals surface area contributed by atoms with E-state index in [9.17, 15) is 0 Å². The van der Waals surface area contributed by atoms with Crippen molar-refractivity contribution in [3.8, 4) is 5.75 Å². The van der Waals surface area contributed by atoms with Crippen LogP contribution in [0.1, 0.15) is 49.2 Å². The number of nitrogens with one attached hydrogen (secondary N) is 3. The second-order valence-corrected chi connectivity index (χ2v) is 9.98. The van der Waals surface area contributed by atoms with Crippen molar-refractivity contribution in [3.05, 3.63) is 75.8 Å². The van der Waals surface area contributed by atoms with Gasteiger partial charge < -0.3 is 20.0 Å². The van der Waals surface area contributed by atoms with Crippen LogP contribution < -0.4 is 20.5 Å². The van der Waals surface area contributed by atoms with Gasteiger partial charge in [-0.1, -0.05) is 23.2 Å². The molecule has 36 heavy (non-hydrogen) atoms. The van der Waals surface area contributed by atoms with Gasteiger partial charge in [-0.05, 0) is 75.1 Å². The second kappa shape index (κ2) is 10.9. The van der Waals surface area contributed by atoms with E-state index in [2.05, 4.69) is 43.9 Å². The predicted octanol–water partition coefficient (Wildman–Crippen LogP) is 6.82. The number of hydrazine groups is 1. The lowest BCUT2D eigenvalue weighted by molar-refractivity contribution is 0.227. The molecule has 2 aromatic heterocycles. The van der Waals surface area contributed by atoms with Gasteiger partial charge in [-0.3, -0.25) is 4.98 Å². The first-order chi connectivity index (χ1) is 17.5. The summed E-state index contributed by atoms with van der Waals surface area (Å²) in [6.07, 6.45) is 6.69. The van der Waals surface area contributed by atoms with Crippen LogP contribution in [-0.2, 0) is 6.54 Å². The predicted molar refractivity (Wildman–Crippen MR) is 147 cm³/mol. The van der Waals surface area contributed by atoms with Crippen molar-refractivity contribution in [2.24, 2.45) is 0 Å². The average molecular weight is 525 g/mol. The van der Waals surface area contributed by atoms with Gasteiger partial charge in [0.2, 0.25) is 0 Å². The number of nitrogens with zero attached hydrogens (tertiary/aromatic N) is 3. The SMILES string of the molecule is Cc1cc(O[C@H](C)c2c(Cl)cncc2Cl)ccc1NNCc1nc2ccc(N3CCCCC3)cc2[nH]1. The Morgan fingerprint density at radius 2 is 1.83 bits per heavy atom. The third kappa shape index (κ3) is 5.53. The lowest BCUT2D eigenvalue weighted by Crippen LogP contribution is -2.29. The molecule has 1 saturated heterocycles. The zero-order chi connectivity index (χ0) is 25.1. The van der Waals surface area contributed by atoms with Crippen molar-refractivity contribution in [2.45, 2.75) is 45.8 Å². The summed E-state index contributed by atoms with van der Waals surface area (Å²) in [4.78, 5) is 14.6. The molecule has 1 fully saturated rings. The maximum Gasteiger partial charge on any atom is 0.124 e. The number of hydrogen-bond acceptors (Lipinski definition) is 6. The summed E-state index contributed by atoms with van der Waals surface area (Å²) in [6.45, 7) is 6.76. The number of aryl methyl sites for hydroxylation is 1. The molecule has 0 aliphatic carbocycles. The number of piperidine rings is 1. The number of benzene rings is 2. The standard InChI is InChI=1S/C27H30Cl2N6O/c1-17-12-20(36-18(2)27-21(28)14-30-15-22(27)29)7-9-23(17)34-31-16-26-32-24-8-6-19(13-25(24)33-26)35-10-4-3-5-11-35/h6-9,12-15,18,31,34H,3-5,10-11,16H2,1-2H3,(H,32,33)/t18-/m1/s1. The largest absolute Gasteiger partial charge is 0.486 e. The Hall–Kier alpha value is -3.00. The molecule has 1 atom stereocenters. The van der Waals surface area contributed by atoms with Gasteiger partial charge in [-0.25, -0.2) is 10.4 Å². The Bertz CT molecular complexity index is 1330. The third-order valence-electron chi connectivity index (χ3n) is 6.52. The van der Waals surface area contributed by atoms with Crippen LogP contribution in [0.2, 0.25) is 10.0 Å². The molecule has 188 valence electrons. The summed E-state index contributed by atoms with van der Waals surface area (Å²) in [5, 5.41) is 0.977. The van der Waals surface area contributed by atoms with Crippen LogP contribution in [0.15, 0.2) is 48.8 Å². The van der Waals surface area contributed by atoms with Crippen LogP contribution in [0.25, 0.3) is 11.0 Å². The molecule has 0 amide bonds. The normalized spacial score (nSPS) is 14.7.